The molecule has 0 aromatic carbocycles. The summed E-state index contributed by atoms with van der Waals surface area (Å²) in [5, 5.41) is 8.93. The first-order chi connectivity index (χ1) is 8.18. The topological polar surface area (TPSA) is 86.7 Å². The normalized spacial score (nSPS) is 22.4. The van der Waals surface area contributed by atoms with Crippen LogP contribution in [0, 0.1) is 18.3 Å². The Balaban J connectivity index is 2.80. The van der Waals surface area contributed by atoms with Gasteiger partial charge >= 0.3 is 5.97 Å². The lowest BCUT2D eigenvalue weighted by Gasteiger charge is -2.32. The van der Waals surface area contributed by atoms with Crippen LogP contribution in [0.5, 0.6) is 0 Å². The molecule has 0 aliphatic carbocycles. The Hall–Kier alpha value is -1.10. The molecule has 1 unspecified atom stereocenters. The van der Waals surface area contributed by atoms with E-state index in [0.717, 1.165) is 4.31 Å². The molecule has 102 valence electrons. The number of rotatable bonds is 4. The zero-order valence-electron chi connectivity index (χ0n) is 10.5. The molecular weight excluding hydrogens is 256 g/mol. The molecule has 7 heteroatoms. The molecule has 1 aliphatic rings. The van der Waals surface area contributed by atoms with E-state index in [9.17, 15) is 13.2 Å². The van der Waals surface area contributed by atoms with Crippen LogP contribution in [-0.2, 0) is 15.0 Å². The van der Waals surface area contributed by atoms with Crippen molar-refractivity contribution in [3.8, 4) is 12.3 Å². The molecular formula is C11H18N2O4S. The predicted molar refractivity (Wildman–Crippen MR) is 66.9 cm³/mol. The zero-order chi connectivity index (χ0) is 14.0. The van der Waals surface area contributed by atoms with Crippen molar-refractivity contribution >= 4 is 16.2 Å². The SMILES string of the molecule is C#CC(C)(C)NS(=O)(=O)N1CCCC(C(=O)O)C1. The van der Waals surface area contributed by atoms with E-state index in [4.69, 9.17) is 11.5 Å². The number of hydrogen-bond acceptors (Lipinski definition) is 3. The van der Waals surface area contributed by atoms with Crippen molar-refractivity contribution < 1.29 is 18.3 Å². The smallest absolute Gasteiger partial charge is 0.307 e. The van der Waals surface area contributed by atoms with Crippen LogP contribution in [0.2, 0.25) is 0 Å². The molecule has 6 nitrogen and oxygen atoms in total. The van der Waals surface area contributed by atoms with Gasteiger partial charge in [-0.25, -0.2) is 0 Å². The number of nitrogens with one attached hydrogen (secondary N) is 1. The Labute approximate surface area is 108 Å². The van der Waals surface area contributed by atoms with Gasteiger partial charge in [0.15, 0.2) is 0 Å². The van der Waals surface area contributed by atoms with Gasteiger partial charge in [-0.3, -0.25) is 4.79 Å². The fraction of sp³-hybridized carbons (Fsp3) is 0.727. The highest BCUT2D eigenvalue weighted by Gasteiger charge is 2.34. The van der Waals surface area contributed by atoms with Crippen molar-refractivity contribution in [1.82, 2.24) is 9.03 Å². The van der Waals surface area contributed by atoms with Gasteiger partial charge < -0.3 is 5.11 Å². The Morgan fingerprint density at radius 2 is 2.17 bits per heavy atom. The number of piperidine rings is 1. The summed E-state index contributed by atoms with van der Waals surface area (Å²) in [7, 11) is -3.74. The van der Waals surface area contributed by atoms with Crippen molar-refractivity contribution in [3.05, 3.63) is 0 Å². The fourth-order valence-electron chi connectivity index (χ4n) is 1.78. The molecule has 1 fully saturated rings. The zero-order valence-corrected chi connectivity index (χ0v) is 11.3. The van der Waals surface area contributed by atoms with E-state index in [2.05, 4.69) is 10.6 Å². The summed E-state index contributed by atoms with van der Waals surface area (Å²) in [6, 6.07) is 0. The fourth-order valence-corrected chi connectivity index (χ4v) is 3.36. The van der Waals surface area contributed by atoms with Gasteiger partial charge in [-0.05, 0) is 26.7 Å². The number of terminal acetylenes is 1. The number of carboxylic acids is 1. The van der Waals surface area contributed by atoms with E-state index in [1.165, 1.54) is 0 Å². The van der Waals surface area contributed by atoms with Crippen molar-refractivity contribution in [2.45, 2.75) is 32.2 Å². The van der Waals surface area contributed by atoms with Crippen LogP contribution in [0.1, 0.15) is 26.7 Å². The molecule has 0 radical (unpaired) electrons. The maximum Gasteiger partial charge on any atom is 0.307 e. The van der Waals surface area contributed by atoms with E-state index in [1.54, 1.807) is 13.8 Å². The first-order valence-corrected chi connectivity index (χ1v) is 7.11. The first-order valence-electron chi connectivity index (χ1n) is 5.67. The molecule has 0 aromatic rings. The van der Waals surface area contributed by atoms with Crippen LogP contribution in [-0.4, -0.2) is 42.4 Å². The van der Waals surface area contributed by atoms with Crippen LogP contribution in [0.15, 0.2) is 0 Å². The van der Waals surface area contributed by atoms with E-state index in [-0.39, 0.29) is 6.54 Å². The largest absolute Gasteiger partial charge is 0.481 e. The highest BCUT2D eigenvalue weighted by Crippen LogP contribution is 2.19. The minimum Gasteiger partial charge on any atom is -0.481 e. The number of aliphatic carboxylic acids is 1. The standard InChI is InChI=1S/C11H18N2O4S/c1-4-11(2,3)12-18(16,17)13-7-5-6-9(8-13)10(14)15/h1,9,12H,5-8H2,2-3H3,(H,14,15). The molecule has 1 saturated heterocycles. The van der Waals surface area contributed by atoms with E-state index in [0.29, 0.717) is 19.4 Å². The summed E-state index contributed by atoms with van der Waals surface area (Å²) in [6.07, 6.45) is 6.26. The third-order valence-electron chi connectivity index (χ3n) is 2.82. The maximum atomic E-state index is 12.1. The summed E-state index contributed by atoms with van der Waals surface area (Å²) in [4.78, 5) is 10.9. The average molecular weight is 274 g/mol. The molecule has 2 N–H and O–H groups in total. The van der Waals surface area contributed by atoms with Crippen LogP contribution in [0.25, 0.3) is 0 Å². The van der Waals surface area contributed by atoms with Crippen molar-refractivity contribution in [2.75, 3.05) is 13.1 Å². The molecule has 0 spiro atoms. The summed E-state index contributed by atoms with van der Waals surface area (Å²) < 4.78 is 27.6. The second kappa shape index (κ2) is 5.26. The number of hydrogen-bond donors (Lipinski definition) is 2. The Kier molecular flexibility index (Phi) is 4.37. The minimum atomic E-state index is -3.74. The summed E-state index contributed by atoms with van der Waals surface area (Å²) in [5.41, 5.74) is -0.991. The second-order valence-corrected chi connectivity index (χ2v) is 6.58. The molecule has 18 heavy (non-hydrogen) atoms. The highest BCUT2D eigenvalue weighted by atomic mass is 32.2. The summed E-state index contributed by atoms with van der Waals surface area (Å²) in [6.45, 7) is 3.46. The second-order valence-electron chi connectivity index (χ2n) is 4.91. The van der Waals surface area contributed by atoms with Gasteiger partial charge in [0.1, 0.15) is 0 Å². The van der Waals surface area contributed by atoms with Crippen LogP contribution >= 0.6 is 0 Å². The van der Waals surface area contributed by atoms with Crippen LogP contribution in [0.4, 0.5) is 0 Å². The van der Waals surface area contributed by atoms with Gasteiger partial charge in [0, 0.05) is 13.1 Å². The molecule has 0 amide bonds. The van der Waals surface area contributed by atoms with Crippen molar-refractivity contribution in [3.63, 3.8) is 0 Å². The third kappa shape index (κ3) is 3.70. The quantitative estimate of drug-likeness (QED) is 0.708. The maximum absolute atomic E-state index is 12.1. The number of carbonyl (C=O) groups is 1. The van der Waals surface area contributed by atoms with E-state index in [1.807, 2.05) is 0 Å². The van der Waals surface area contributed by atoms with Gasteiger partial charge in [-0.1, -0.05) is 5.92 Å². The number of carboxylic acid groups (broad SMARTS) is 1. The van der Waals surface area contributed by atoms with Gasteiger partial charge in [-0.2, -0.15) is 17.4 Å². The van der Waals surface area contributed by atoms with Crippen LogP contribution < -0.4 is 4.72 Å². The third-order valence-corrected chi connectivity index (χ3v) is 4.60. The molecule has 0 saturated carbocycles. The monoisotopic (exact) mass is 274 g/mol. The predicted octanol–water partition coefficient (Wildman–Crippen LogP) is 0.0292. The molecule has 1 atom stereocenters. The van der Waals surface area contributed by atoms with Gasteiger partial charge in [0.05, 0.1) is 11.5 Å². The number of nitrogens with zero attached hydrogens (tertiary/aromatic N) is 1. The van der Waals surface area contributed by atoms with Crippen molar-refractivity contribution in [1.29, 1.82) is 0 Å². The van der Waals surface area contributed by atoms with Crippen molar-refractivity contribution in [2.24, 2.45) is 5.92 Å². The lowest BCUT2D eigenvalue weighted by Crippen LogP contribution is -2.52. The highest BCUT2D eigenvalue weighted by molar-refractivity contribution is 7.87. The molecule has 0 aromatic heterocycles. The van der Waals surface area contributed by atoms with Gasteiger partial charge in [0.25, 0.3) is 10.2 Å². The van der Waals surface area contributed by atoms with Gasteiger partial charge in [0.2, 0.25) is 0 Å². The molecule has 1 rings (SSSR count). The van der Waals surface area contributed by atoms with Crippen LogP contribution in [0.3, 0.4) is 0 Å². The Morgan fingerprint density at radius 1 is 1.56 bits per heavy atom. The van der Waals surface area contributed by atoms with Gasteiger partial charge in [-0.15, -0.1) is 6.42 Å². The molecule has 1 heterocycles. The lowest BCUT2D eigenvalue weighted by molar-refractivity contribution is -0.142. The summed E-state index contributed by atoms with van der Waals surface area (Å²) >= 11 is 0. The minimum absolute atomic E-state index is 0.00861. The first kappa shape index (κ1) is 15.0. The lowest BCUT2D eigenvalue weighted by atomic mass is 10.0. The molecule has 0 bridgehead atoms. The van der Waals surface area contributed by atoms with E-state index < -0.39 is 27.6 Å². The Bertz CT molecular complexity index is 464. The van der Waals surface area contributed by atoms with E-state index >= 15 is 0 Å². The average Bonchev–Trinajstić information content (AvgIpc) is 2.28. The summed E-state index contributed by atoms with van der Waals surface area (Å²) in [5.74, 6) is 0.722. The Morgan fingerprint density at radius 3 is 2.67 bits per heavy atom. The molecule has 1 aliphatic heterocycles.